The van der Waals surface area contributed by atoms with Gasteiger partial charge in [0.25, 0.3) is 0 Å². The number of carbonyl (C=O) groups is 1. The third-order valence-electron chi connectivity index (χ3n) is 4.70. The van der Waals surface area contributed by atoms with Crippen molar-refractivity contribution in [1.82, 2.24) is 9.21 Å². The summed E-state index contributed by atoms with van der Waals surface area (Å²) in [6.45, 7) is 2.16. The van der Waals surface area contributed by atoms with Gasteiger partial charge in [-0.3, -0.25) is 4.79 Å². The molecule has 1 amide bonds. The number of nitrogens with zero attached hydrogens (tertiary/aromatic N) is 2. The van der Waals surface area contributed by atoms with Crippen molar-refractivity contribution in [3.05, 3.63) is 30.1 Å². The summed E-state index contributed by atoms with van der Waals surface area (Å²) in [5, 5.41) is 0. The van der Waals surface area contributed by atoms with Gasteiger partial charge >= 0.3 is 0 Å². The van der Waals surface area contributed by atoms with Crippen LogP contribution in [0.4, 0.5) is 4.39 Å². The Bertz CT molecular complexity index is 712. The topological polar surface area (TPSA) is 76.2 Å². The van der Waals surface area contributed by atoms with Gasteiger partial charge < -0.3 is 14.4 Å². The number of halogens is 1. The standard InChI is InChI=1S/C18H27FN2O5S/c1-25-13-11-20(12-14-26-2)18(22)15-7-9-21(10-8-15)27(23,24)17-6-4-3-5-16(17)19/h3-6,15H,7-14H2,1-2H3. The van der Waals surface area contributed by atoms with Gasteiger partial charge in [0.05, 0.1) is 13.2 Å². The van der Waals surface area contributed by atoms with Crippen LogP contribution >= 0.6 is 0 Å². The number of methoxy groups -OCH3 is 2. The summed E-state index contributed by atoms with van der Waals surface area (Å²) in [7, 11) is -0.748. The molecule has 1 heterocycles. The highest BCUT2D eigenvalue weighted by Gasteiger charge is 2.34. The maximum atomic E-state index is 13.9. The number of hydrogen-bond donors (Lipinski definition) is 0. The van der Waals surface area contributed by atoms with Crippen molar-refractivity contribution < 1.29 is 27.1 Å². The molecule has 1 aromatic rings. The summed E-state index contributed by atoms with van der Waals surface area (Å²) in [6, 6.07) is 5.34. The number of benzene rings is 1. The fraction of sp³-hybridized carbons (Fsp3) is 0.611. The van der Waals surface area contributed by atoms with E-state index in [-0.39, 0.29) is 29.8 Å². The Kier molecular flexibility index (Phi) is 8.15. The maximum Gasteiger partial charge on any atom is 0.245 e. The van der Waals surface area contributed by atoms with Gasteiger partial charge in [-0.1, -0.05) is 12.1 Å². The molecule has 152 valence electrons. The van der Waals surface area contributed by atoms with E-state index in [1.807, 2.05) is 0 Å². The van der Waals surface area contributed by atoms with Crippen molar-refractivity contribution in [1.29, 1.82) is 0 Å². The van der Waals surface area contributed by atoms with Crippen LogP contribution in [0.1, 0.15) is 12.8 Å². The molecule has 0 spiro atoms. The molecule has 9 heteroatoms. The third kappa shape index (κ3) is 5.47. The minimum Gasteiger partial charge on any atom is -0.383 e. The fourth-order valence-corrected chi connectivity index (χ4v) is 4.66. The van der Waals surface area contributed by atoms with E-state index in [0.717, 1.165) is 6.07 Å². The Balaban J connectivity index is 2.01. The molecule has 7 nitrogen and oxygen atoms in total. The Labute approximate surface area is 160 Å². The first-order chi connectivity index (χ1) is 12.9. The smallest absolute Gasteiger partial charge is 0.245 e. The van der Waals surface area contributed by atoms with Gasteiger partial charge in [-0.25, -0.2) is 12.8 Å². The molecule has 1 fully saturated rings. The van der Waals surface area contributed by atoms with Crippen molar-refractivity contribution in [3.63, 3.8) is 0 Å². The first kappa shape index (κ1) is 21.7. The molecule has 0 N–H and O–H groups in total. The van der Waals surface area contributed by atoms with Gasteiger partial charge in [-0.2, -0.15) is 4.31 Å². The summed E-state index contributed by atoms with van der Waals surface area (Å²) >= 11 is 0. The molecule has 27 heavy (non-hydrogen) atoms. The van der Waals surface area contributed by atoms with Crippen LogP contribution in [0.15, 0.2) is 29.2 Å². The number of sulfonamides is 1. The fourth-order valence-electron chi connectivity index (χ4n) is 3.13. The number of ether oxygens (including phenoxy) is 2. The Morgan fingerprint density at radius 2 is 1.70 bits per heavy atom. The average Bonchev–Trinajstić information content (AvgIpc) is 2.68. The number of carbonyl (C=O) groups excluding carboxylic acids is 1. The van der Waals surface area contributed by atoms with E-state index >= 15 is 0 Å². The summed E-state index contributed by atoms with van der Waals surface area (Å²) < 4.78 is 50.6. The lowest BCUT2D eigenvalue weighted by Crippen LogP contribution is -2.46. The van der Waals surface area contributed by atoms with Crippen molar-refractivity contribution in [2.24, 2.45) is 5.92 Å². The lowest BCUT2D eigenvalue weighted by atomic mass is 9.96. The first-order valence-electron chi connectivity index (χ1n) is 8.93. The van der Waals surface area contributed by atoms with Gasteiger partial charge in [0, 0.05) is 46.3 Å². The van der Waals surface area contributed by atoms with Crippen molar-refractivity contribution in [3.8, 4) is 0 Å². The van der Waals surface area contributed by atoms with Crippen molar-refractivity contribution in [2.45, 2.75) is 17.7 Å². The molecular formula is C18H27FN2O5S. The summed E-state index contributed by atoms with van der Waals surface area (Å²) in [5.74, 6) is -1.04. The van der Waals surface area contributed by atoms with Gasteiger partial charge in [0.2, 0.25) is 15.9 Å². The lowest BCUT2D eigenvalue weighted by molar-refractivity contribution is -0.138. The van der Waals surface area contributed by atoms with Gasteiger partial charge in [0.15, 0.2) is 0 Å². The van der Waals surface area contributed by atoms with Crippen LogP contribution in [0.3, 0.4) is 0 Å². The number of amides is 1. The van der Waals surface area contributed by atoms with Crippen LogP contribution < -0.4 is 0 Å². The normalized spacial score (nSPS) is 16.4. The molecule has 0 unspecified atom stereocenters. The second-order valence-corrected chi connectivity index (χ2v) is 8.33. The van der Waals surface area contributed by atoms with E-state index in [0.29, 0.717) is 39.1 Å². The Morgan fingerprint density at radius 1 is 1.15 bits per heavy atom. The van der Waals surface area contributed by atoms with Gasteiger partial charge in [-0.05, 0) is 25.0 Å². The van der Waals surface area contributed by atoms with Crippen molar-refractivity contribution >= 4 is 15.9 Å². The predicted molar refractivity (Wildman–Crippen MR) is 98.2 cm³/mol. The molecule has 2 rings (SSSR count). The average molecular weight is 402 g/mol. The minimum atomic E-state index is -3.90. The zero-order chi connectivity index (χ0) is 19.9. The van der Waals surface area contributed by atoms with Gasteiger partial charge in [0.1, 0.15) is 10.7 Å². The molecule has 1 saturated heterocycles. The minimum absolute atomic E-state index is 0.0213. The van der Waals surface area contributed by atoms with Crippen LogP contribution in [-0.2, 0) is 24.3 Å². The van der Waals surface area contributed by atoms with Gasteiger partial charge in [-0.15, -0.1) is 0 Å². The monoisotopic (exact) mass is 402 g/mol. The highest BCUT2D eigenvalue weighted by atomic mass is 32.2. The number of rotatable bonds is 9. The second-order valence-electron chi connectivity index (χ2n) is 6.42. The number of hydrogen-bond acceptors (Lipinski definition) is 5. The molecule has 1 aromatic carbocycles. The quantitative estimate of drug-likeness (QED) is 0.623. The van der Waals surface area contributed by atoms with Crippen molar-refractivity contribution in [2.75, 3.05) is 53.6 Å². The zero-order valence-corrected chi connectivity index (χ0v) is 16.6. The van der Waals surface area contributed by atoms with Crippen LogP contribution in [-0.4, -0.2) is 77.1 Å². The van der Waals surface area contributed by atoms with E-state index in [1.165, 1.54) is 22.5 Å². The molecule has 0 aliphatic carbocycles. The number of piperidine rings is 1. The molecular weight excluding hydrogens is 375 g/mol. The SMILES string of the molecule is COCCN(CCOC)C(=O)C1CCN(S(=O)(=O)c2ccccc2F)CC1. The molecule has 1 aliphatic rings. The van der Waals surface area contributed by atoms with E-state index in [2.05, 4.69) is 0 Å². The molecule has 1 aliphatic heterocycles. The van der Waals surface area contributed by atoms with E-state index in [9.17, 15) is 17.6 Å². The molecule has 0 saturated carbocycles. The lowest BCUT2D eigenvalue weighted by Gasteiger charge is -2.33. The summed E-state index contributed by atoms with van der Waals surface area (Å²) in [4.78, 5) is 14.1. The van der Waals surface area contributed by atoms with Crippen LogP contribution in [0.5, 0.6) is 0 Å². The highest BCUT2D eigenvalue weighted by Crippen LogP contribution is 2.26. The molecule has 0 radical (unpaired) electrons. The summed E-state index contributed by atoms with van der Waals surface area (Å²) in [5.41, 5.74) is 0. The van der Waals surface area contributed by atoms with Crippen LogP contribution in [0, 0.1) is 11.7 Å². The first-order valence-corrected chi connectivity index (χ1v) is 10.4. The van der Waals surface area contributed by atoms with E-state index < -0.39 is 15.8 Å². The Morgan fingerprint density at radius 3 is 2.22 bits per heavy atom. The molecule has 0 aromatic heterocycles. The van der Waals surface area contributed by atoms with E-state index in [1.54, 1.807) is 19.1 Å². The largest absolute Gasteiger partial charge is 0.383 e. The highest BCUT2D eigenvalue weighted by molar-refractivity contribution is 7.89. The maximum absolute atomic E-state index is 13.9. The van der Waals surface area contributed by atoms with Crippen LogP contribution in [0.25, 0.3) is 0 Å². The zero-order valence-electron chi connectivity index (χ0n) is 15.8. The molecule has 0 bridgehead atoms. The van der Waals surface area contributed by atoms with E-state index in [4.69, 9.17) is 9.47 Å². The Hall–Kier alpha value is -1.55. The predicted octanol–water partition coefficient (Wildman–Crippen LogP) is 1.35. The third-order valence-corrected chi connectivity index (χ3v) is 6.63. The second kappa shape index (κ2) is 10.1. The van der Waals surface area contributed by atoms with Crippen LogP contribution in [0.2, 0.25) is 0 Å². The molecule has 0 atom stereocenters. The summed E-state index contributed by atoms with van der Waals surface area (Å²) in [6.07, 6.45) is 0.811.